The Kier molecular flexibility index (Phi) is 5.28. The van der Waals surface area contributed by atoms with Crippen LogP contribution in [-0.2, 0) is 6.54 Å². The molecule has 0 radical (unpaired) electrons. The lowest BCUT2D eigenvalue weighted by atomic mass is 9.97. The van der Waals surface area contributed by atoms with Crippen molar-refractivity contribution < 1.29 is 8.91 Å². The molecule has 0 amide bonds. The zero-order valence-electron chi connectivity index (χ0n) is 15.2. The second-order valence-corrected chi connectivity index (χ2v) is 7.40. The van der Waals surface area contributed by atoms with Crippen LogP contribution in [0, 0.1) is 5.82 Å². The molecule has 0 spiro atoms. The summed E-state index contributed by atoms with van der Waals surface area (Å²) < 4.78 is 19.0. The van der Waals surface area contributed by atoms with E-state index in [1.165, 1.54) is 6.07 Å². The highest BCUT2D eigenvalue weighted by atomic mass is 19.1. The van der Waals surface area contributed by atoms with Crippen molar-refractivity contribution in [1.29, 1.82) is 0 Å². The Balaban J connectivity index is 1.41. The zero-order chi connectivity index (χ0) is 17.9. The Morgan fingerprint density at radius 2 is 2.27 bits per heavy atom. The van der Waals surface area contributed by atoms with Crippen LogP contribution in [0.1, 0.15) is 42.1 Å². The molecule has 0 aliphatic carbocycles. The van der Waals surface area contributed by atoms with E-state index in [-0.39, 0.29) is 17.8 Å². The van der Waals surface area contributed by atoms with Gasteiger partial charge in [0.1, 0.15) is 5.82 Å². The average Bonchev–Trinajstić information content (AvgIpc) is 3.12. The van der Waals surface area contributed by atoms with Gasteiger partial charge in [-0.2, -0.15) is 4.98 Å². The van der Waals surface area contributed by atoms with Gasteiger partial charge in [-0.25, -0.2) is 4.39 Å². The second kappa shape index (κ2) is 7.82. The highest BCUT2D eigenvalue weighted by Crippen LogP contribution is 2.28. The third kappa shape index (κ3) is 3.95. The summed E-state index contributed by atoms with van der Waals surface area (Å²) in [5, 5.41) is 7.64. The lowest BCUT2D eigenvalue weighted by Gasteiger charge is -2.31. The highest BCUT2D eigenvalue weighted by molar-refractivity contribution is 5.16. The van der Waals surface area contributed by atoms with Gasteiger partial charge in [-0.15, -0.1) is 0 Å². The SMILES string of the molecule is CN1CCNCC1c1noc(C2CCCN(Cc3cccc(F)c3)C2)n1. The van der Waals surface area contributed by atoms with Gasteiger partial charge in [0.25, 0.3) is 0 Å². The number of aromatic nitrogens is 2. The van der Waals surface area contributed by atoms with Crippen molar-refractivity contribution in [2.45, 2.75) is 31.3 Å². The molecule has 2 fully saturated rings. The fourth-order valence-corrected chi connectivity index (χ4v) is 3.94. The lowest BCUT2D eigenvalue weighted by molar-refractivity contribution is 0.178. The van der Waals surface area contributed by atoms with Crippen LogP contribution in [0.25, 0.3) is 0 Å². The summed E-state index contributed by atoms with van der Waals surface area (Å²) >= 11 is 0. The number of piperazine rings is 1. The number of likely N-dealkylation sites (tertiary alicyclic amines) is 1. The number of rotatable bonds is 4. The smallest absolute Gasteiger partial charge is 0.231 e. The minimum atomic E-state index is -0.178. The van der Waals surface area contributed by atoms with Gasteiger partial charge in [-0.1, -0.05) is 17.3 Å². The quantitative estimate of drug-likeness (QED) is 0.903. The average molecular weight is 359 g/mol. The predicted molar refractivity (Wildman–Crippen MR) is 96.2 cm³/mol. The van der Waals surface area contributed by atoms with Gasteiger partial charge in [0.15, 0.2) is 5.82 Å². The van der Waals surface area contributed by atoms with Crippen molar-refractivity contribution in [2.24, 2.45) is 0 Å². The maximum Gasteiger partial charge on any atom is 0.231 e. The van der Waals surface area contributed by atoms with Crippen molar-refractivity contribution in [1.82, 2.24) is 25.3 Å². The molecule has 4 rings (SSSR count). The second-order valence-electron chi connectivity index (χ2n) is 7.40. The number of nitrogens with one attached hydrogen (secondary N) is 1. The number of benzene rings is 1. The molecule has 1 N–H and O–H groups in total. The van der Waals surface area contributed by atoms with Crippen molar-refractivity contribution in [3.8, 4) is 0 Å². The summed E-state index contributed by atoms with van der Waals surface area (Å²) in [7, 11) is 2.10. The van der Waals surface area contributed by atoms with E-state index in [0.717, 1.165) is 69.4 Å². The Hall–Kier alpha value is -1.83. The molecule has 2 saturated heterocycles. The van der Waals surface area contributed by atoms with Gasteiger partial charge >= 0.3 is 0 Å². The summed E-state index contributed by atoms with van der Waals surface area (Å²) in [6.45, 7) is 5.48. The maximum absolute atomic E-state index is 13.4. The predicted octanol–water partition coefficient (Wildman–Crippen LogP) is 2.16. The highest BCUT2D eigenvalue weighted by Gasteiger charge is 2.29. The largest absolute Gasteiger partial charge is 0.339 e. The Labute approximate surface area is 153 Å². The van der Waals surface area contributed by atoms with Crippen LogP contribution in [-0.4, -0.2) is 59.7 Å². The first-order valence-corrected chi connectivity index (χ1v) is 9.40. The van der Waals surface area contributed by atoms with Crippen LogP contribution < -0.4 is 5.32 Å². The summed E-state index contributed by atoms with van der Waals surface area (Å²) in [5.41, 5.74) is 1.01. The van der Waals surface area contributed by atoms with Crippen molar-refractivity contribution in [3.05, 3.63) is 47.4 Å². The van der Waals surface area contributed by atoms with E-state index in [2.05, 4.69) is 27.3 Å². The van der Waals surface area contributed by atoms with E-state index in [9.17, 15) is 4.39 Å². The summed E-state index contributed by atoms with van der Waals surface area (Å²) in [5.74, 6) is 1.59. The van der Waals surface area contributed by atoms with Crippen molar-refractivity contribution in [2.75, 3.05) is 39.8 Å². The molecule has 2 atom stereocenters. The molecular formula is C19H26FN5O. The molecule has 1 aromatic carbocycles. The van der Waals surface area contributed by atoms with Gasteiger partial charge in [-0.3, -0.25) is 9.80 Å². The number of nitrogens with zero attached hydrogens (tertiary/aromatic N) is 4. The molecule has 3 heterocycles. The van der Waals surface area contributed by atoms with E-state index in [1.807, 2.05) is 6.07 Å². The molecule has 2 aliphatic heterocycles. The van der Waals surface area contributed by atoms with E-state index in [4.69, 9.17) is 9.51 Å². The van der Waals surface area contributed by atoms with Crippen LogP contribution in [0.5, 0.6) is 0 Å². The third-order valence-electron chi connectivity index (χ3n) is 5.42. The van der Waals surface area contributed by atoms with Gasteiger partial charge in [0.2, 0.25) is 5.89 Å². The Morgan fingerprint density at radius 3 is 3.12 bits per heavy atom. The van der Waals surface area contributed by atoms with Crippen LogP contribution in [0.3, 0.4) is 0 Å². The van der Waals surface area contributed by atoms with Gasteiger partial charge < -0.3 is 9.84 Å². The van der Waals surface area contributed by atoms with E-state index in [1.54, 1.807) is 12.1 Å². The molecule has 26 heavy (non-hydrogen) atoms. The standard InChI is InChI=1S/C19H26FN5O/c1-24-9-7-21-11-17(24)18-22-19(26-23-18)15-5-3-8-25(13-15)12-14-4-2-6-16(20)10-14/h2,4,6,10,15,17,21H,3,5,7-9,11-13H2,1H3. The van der Waals surface area contributed by atoms with Crippen LogP contribution >= 0.6 is 0 Å². The number of piperidine rings is 1. The van der Waals surface area contributed by atoms with Crippen molar-refractivity contribution in [3.63, 3.8) is 0 Å². The fraction of sp³-hybridized carbons (Fsp3) is 0.579. The normalized spacial score (nSPS) is 25.5. The van der Waals surface area contributed by atoms with Gasteiger partial charge in [0.05, 0.1) is 12.0 Å². The molecule has 0 saturated carbocycles. The monoisotopic (exact) mass is 359 g/mol. The summed E-state index contributed by atoms with van der Waals surface area (Å²) in [6.07, 6.45) is 2.14. The molecular weight excluding hydrogens is 333 g/mol. The summed E-state index contributed by atoms with van der Waals surface area (Å²) in [6, 6.07) is 7.02. The molecule has 0 bridgehead atoms. The van der Waals surface area contributed by atoms with Crippen molar-refractivity contribution >= 4 is 0 Å². The van der Waals surface area contributed by atoms with Crippen LogP contribution in [0.4, 0.5) is 4.39 Å². The van der Waals surface area contributed by atoms with Gasteiger partial charge in [-0.05, 0) is 44.1 Å². The molecule has 140 valence electrons. The minimum absolute atomic E-state index is 0.174. The number of hydrogen-bond donors (Lipinski definition) is 1. The molecule has 2 unspecified atom stereocenters. The topological polar surface area (TPSA) is 57.4 Å². The zero-order valence-corrected chi connectivity index (χ0v) is 15.2. The van der Waals surface area contributed by atoms with E-state index >= 15 is 0 Å². The third-order valence-corrected chi connectivity index (χ3v) is 5.42. The fourth-order valence-electron chi connectivity index (χ4n) is 3.94. The Bertz CT molecular complexity index is 736. The lowest BCUT2D eigenvalue weighted by Crippen LogP contribution is -2.44. The van der Waals surface area contributed by atoms with E-state index in [0.29, 0.717) is 0 Å². The molecule has 2 aliphatic rings. The minimum Gasteiger partial charge on any atom is -0.339 e. The molecule has 7 heteroatoms. The van der Waals surface area contributed by atoms with Crippen LogP contribution in [0.15, 0.2) is 28.8 Å². The molecule has 6 nitrogen and oxygen atoms in total. The number of hydrogen-bond acceptors (Lipinski definition) is 6. The molecule has 2 aromatic rings. The summed E-state index contributed by atoms with van der Waals surface area (Å²) in [4.78, 5) is 9.33. The van der Waals surface area contributed by atoms with E-state index < -0.39 is 0 Å². The van der Waals surface area contributed by atoms with Crippen LogP contribution in [0.2, 0.25) is 0 Å². The first-order chi connectivity index (χ1) is 12.7. The first kappa shape index (κ1) is 17.6. The maximum atomic E-state index is 13.4. The first-order valence-electron chi connectivity index (χ1n) is 9.40. The molecule has 1 aromatic heterocycles. The number of likely N-dealkylation sites (N-methyl/N-ethyl adjacent to an activating group) is 1. The number of halogens is 1. The Morgan fingerprint density at radius 1 is 1.35 bits per heavy atom. The van der Waals surface area contributed by atoms with Gasteiger partial charge in [0, 0.05) is 32.7 Å².